The lowest BCUT2D eigenvalue weighted by Crippen LogP contribution is -2.66. The molecule has 2 aliphatic heterocycles. The maximum Gasteiger partial charge on any atom is 0.315 e. The predicted octanol–water partition coefficient (Wildman–Crippen LogP) is 2.32. The summed E-state index contributed by atoms with van der Waals surface area (Å²) in [4.78, 5) is 14.6. The Morgan fingerprint density at radius 2 is 1.29 bits per heavy atom. The molecule has 0 spiro atoms. The normalized spacial score (nSPS) is 53.1. The second-order valence-electron chi connectivity index (χ2n) is 20.7. The second-order valence-corrected chi connectivity index (χ2v) is 20.7. The molecule has 2 unspecified atom stereocenters. The first kappa shape index (κ1) is 41.9. The highest BCUT2D eigenvalue weighted by Crippen LogP contribution is 2.76. The number of carbonyl (C=O) groups excluding carboxylic acids is 1. The summed E-state index contributed by atoms with van der Waals surface area (Å²) in [7, 11) is 0. The highest BCUT2D eigenvalue weighted by molar-refractivity contribution is 5.79. The Bertz CT molecular complexity index is 1480. The Kier molecular flexibility index (Phi) is 10.8. The average Bonchev–Trinajstić information content (AvgIpc) is 3.13. The number of allylic oxidation sites excluding steroid dienone is 2. The van der Waals surface area contributed by atoms with Gasteiger partial charge in [-0.15, -0.1) is 0 Å². The van der Waals surface area contributed by atoms with Crippen LogP contribution in [0.1, 0.15) is 113 Å². The molecule has 314 valence electrons. The number of aliphatic hydroxyl groups is 8. The van der Waals surface area contributed by atoms with E-state index in [2.05, 4.69) is 54.5 Å². The molecule has 0 radical (unpaired) electrons. The quantitative estimate of drug-likeness (QED) is 0.111. The van der Waals surface area contributed by atoms with Gasteiger partial charge in [-0.1, -0.05) is 60.1 Å². The maximum atomic E-state index is 14.6. The van der Waals surface area contributed by atoms with Crippen LogP contribution in [-0.4, -0.2) is 128 Å². The molecule has 2 heterocycles. The Morgan fingerprint density at radius 1 is 0.709 bits per heavy atom. The van der Waals surface area contributed by atoms with E-state index in [4.69, 9.17) is 18.9 Å². The number of esters is 1. The standard InChI is InChI=1S/C42H68O13/c1-37(2)14-16-42(36(51)55-35-33(50)31(48)29(46)24(20-44)53-35)17-15-40(6)21(22(42)18-37)8-9-26-39(5)12-11-27(38(3,4)25(39)10-13-41(26,40)7)54-34-32(49)30(47)28(45)23(19-43)52-34/h8,22-35,43-50H,9-20H2,1-7H3/t22-,23+,24+,25-,26+,27-,28+,29+,30-,31-,32+,33+,34?,35?,39-,40+,41+,42-/m0/s1. The van der Waals surface area contributed by atoms with E-state index in [0.29, 0.717) is 18.8 Å². The molecule has 0 aromatic carbocycles. The summed E-state index contributed by atoms with van der Waals surface area (Å²) < 4.78 is 23.9. The van der Waals surface area contributed by atoms with Gasteiger partial charge in [0.15, 0.2) is 6.29 Å². The van der Waals surface area contributed by atoms with Crippen LogP contribution in [0.4, 0.5) is 0 Å². The first-order chi connectivity index (χ1) is 25.6. The molecule has 7 aliphatic rings. The van der Waals surface area contributed by atoms with Gasteiger partial charge in [-0.25, -0.2) is 0 Å². The first-order valence-corrected chi connectivity index (χ1v) is 20.8. The molecule has 0 aromatic rings. The van der Waals surface area contributed by atoms with Crippen LogP contribution in [0.3, 0.4) is 0 Å². The molecule has 8 N–H and O–H groups in total. The number of aliphatic hydroxyl groups excluding tert-OH is 8. The Labute approximate surface area is 325 Å². The van der Waals surface area contributed by atoms with Crippen LogP contribution in [0.25, 0.3) is 0 Å². The highest BCUT2D eigenvalue weighted by atomic mass is 16.7. The van der Waals surface area contributed by atoms with Crippen molar-refractivity contribution in [2.45, 2.75) is 180 Å². The summed E-state index contributed by atoms with van der Waals surface area (Å²) in [6.07, 6.45) is -3.82. The van der Waals surface area contributed by atoms with Crippen molar-refractivity contribution >= 4 is 5.97 Å². The van der Waals surface area contributed by atoms with Gasteiger partial charge < -0.3 is 59.8 Å². The molecule has 0 aromatic heterocycles. The van der Waals surface area contributed by atoms with Gasteiger partial charge in [-0.05, 0) is 109 Å². The smallest absolute Gasteiger partial charge is 0.315 e. The van der Waals surface area contributed by atoms with Crippen molar-refractivity contribution in [2.24, 2.45) is 50.2 Å². The van der Waals surface area contributed by atoms with E-state index in [0.717, 1.165) is 51.4 Å². The third kappa shape index (κ3) is 6.23. The monoisotopic (exact) mass is 780 g/mol. The van der Waals surface area contributed by atoms with Gasteiger partial charge in [-0.3, -0.25) is 4.79 Å². The van der Waals surface area contributed by atoms with E-state index >= 15 is 0 Å². The van der Waals surface area contributed by atoms with Gasteiger partial charge in [0.25, 0.3) is 0 Å². The Hall–Kier alpha value is -1.23. The van der Waals surface area contributed by atoms with Gasteiger partial charge >= 0.3 is 5.97 Å². The molecule has 13 nitrogen and oxygen atoms in total. The largest absolute Gasteiger partial charge is 0.432 e. The molecule has 0 bridgehead atoms. The number of hydrogen-bond acceptors (Lipinski definition) is 13. The van der Waals surface area contributed by atoms with Crippen molar-refractivity contribution in [3.05, 3.63) is 11.6 Å². The van der Waals surface area contributed by atoms with Gasteiger partial charge in [0, 0.05) is 0 Å². The van der Waals surface area contributed by atoms with E-state index in [1.54, 1.807) is 0 Å². The van der Waals surface area contributed by atoms with E-state index in [1.807, 2.05) is 0 Å². The van der Waals surface area contributed by atoms with Crippen LogP contribution in [0.15, 0.2) is 11.6 Å². The SMILES string of the molecule is CC1(C)CC[C@]2(C(=O)OC3O[C@H](CO)[C@@H](O)[C@H](O)[C@H]3O)CC[C@]3(C)C(=CC[C@@H]4[C@@]5(C)CC[C@H](OC6O[C@H](CO)[C@@H](O)[C@H](O)[C@H]6O)C(C)(C)[C@@H]5CC[C@]43C)[C@@H]2C1. The molecular formula is C42H68O13. The molecular weight excluding hydrogens is 712 g/mol. The minimum Gasteiger partial charge on any atom is -0.432 e. The zero-order valence-electron chi connectivity index (χ0n) is 33.8. The zero-order valence-corrected chi connectivity index (χ0v) is 33.8. The summed E-state index contributed by atoms with van der Waals surface area (Å²) >= 11 is 0. The molecule has 4 saturated carbocycles. The summed E-state index contributed by atoms with van der Waals surface area (Å²) in [6, 6.07) is 0. The molecule has 5 aliphatic carbocycles. The van der Waals surface area contributed by atoms with Crippen molar-refractivity contribution in [1.29, 1.82) is 0 Å². The number of hydrogen-bond donors (Lipinski definition) is 8. The van der Waals surface area contributed by atoms with E-state index in [1.165, 1.54) is 5.57 Å². The van der Waals surface area contributed by atoms with E-state index < -0.39 is 86.0 Å². The second kappa shape index (κ2) is 14.2. The lowest BCUT2D eigenvalue weighted by molar-refractivity contribution is -0.330. The third-order valence-corrected chi connectivity index (χ3v) is 17.2. The van der Waals surface area contributed by atoms with Crippen LogP contribution in [-0.2, 0) is 23.7 Å². The molecule has 7 rings (SSSR count). The molecule has 55 heavy (non-hydrogen) atoms. The lowest BCUT2D eigenvalue weighted by Gasteiger charge is -2.71. The van der Waals surface area contributed by atoms with Crippen LogP contribution in [0, 0.1) is 50.2 Å². The fourth-order valence-electron chi connectivity index (χ4n) is 13.6. The van der Waals surface area contributed by atoms with Gasteiger partial charge in [0.05, 0.1) is 24.7 Å². The van der Waals surface area contributed by atoms with Crippen LogP contribution in [0.5, 0.6) is 0 Å². The maximum absolute atomic E-state index is 14.6. The van der Waals surface area contributed by atoms with Gasteiger partial charge in [-0.2, -0.15) is 0 Å². The van der Waals surface area contributed by atoms with Crippen molar-refractivity contribution in [3.8, 4) is 0 Å². The molecule has 13 heteroatoms. The highest BCUT2D eigenvalue weighted by Gasteiger charge is 2.70. The molecule has 2 saturated heterocycles. The van der Waals surface area contributed by atoms with Crippen LogP contribution in [0.2, 0.25) is 0 Å². The minimum atomic E-state index is -1.66. The summed E-state index contributed by atoms with van der Waals surface area (Å²) in [5.41, 5.74) is -0.147. The summed E-state index contributed by atoms with van der Waals surface area (Å²) in [6.45, 7) is 15.2. The Balaban J connectivity index is 1.16. The fraction of sp³-hybridized carbons (Fsp3) is 0.929. The van der Waals surface area contributed by atoms with Crippen LogP contribution < -0.4 is 0 Å². The number of rotatable bonds is 6. The zero-order chi connectivity index (χ0) is 40.3. The number of fused-ring (bicyclic) bond motifs is 7. The minimum absolute atomic E-state index is 0.0125. The molecule has 6 fully saturated rings. The van der Waals surface area contributed by atoms with Crippen molar-refractivity contribution in [2.75, 3.05) is 13.2 Å². The predicted molar refractivity (Wildman–Crippen MR) is 198 cm³/mol. The van der Waals surface area contributed by atoms with E-state index in [-0.39, 0.29) is 45.0 Å². The number of carbonyl (C=O) groups is 1. The van der Waals surface area contributed by atoms with Crippen molar-refractivity contribution < 1.29 is 64.6 Å². The van der Waals surface area contributed by atoms with Crippen molar-refractivity contribution in [3.63, 3.8) is 0 Å². The fourth-order valence-corrected chi connectivity index (χ4v) is 13.6. The van der Waals surface area contributed by atoms with Gasteiger partial charge in [0.2, 0.25) is 6.29 Å². The molecule has 0 amide bonds. The lowest BCUT2D eigenvalue weighted by atomic mass is 9.33. The first-order valence-electron chi connectivity index (χ1n) is 20.8. The topological polar surface area (TPSA) is 216 Å². The van der Waals surface area contributed by atoms with Crippen molar-refractivity contribution in [1.82, 2.24) is 0 Å². The van der Waals surface area contributed by atoms with Crippen LogP contribution >= 0.6 is 0 Å². The Morgan fingerprint density at radius 3 is 1.91 bits per heavy atom. The molecule has 18 atom stereocenters. The third-order valence-electron chi connectivity index (χ3n) is 17.2. The summed E-state index contributed by atoms with van der Waals surface area (Å²) in [5, 5.41) is 82.7. The van der Waals surface area contributed by atoms with Gasteiger partial charge in [0.1, 0.15) is 48.8 Å². The number of ether oxygens (including phenoxy) is 4. The average molecular weight is 781 g/mol. The van der Waals surface area contributed by atoms with E-state index in [9.17, 15) is 45.6 Å². The summed E-state index contributed by atoms with van der Waals surface area (Å²) in [5.74, 6) is 0.0905.